The molecule has 0 fully saturated rings. The first-order valence-electron chi connectivity index (χ1n) is 11.6. The molecule has 1 aliphatic heterocycles. The van der Waals surface area contributed by atoms with Gasteiger partial charge in [-0.25, -0.2) is 14.8 Å². The molecule has 12 heteroatoms. The second kappa shape index (κ2) is 11.5. The van der Waals surface area contributed by atoms with Crippen LogP contribution in [0.2, 0.25) is 0 Å². The van der Waals surface area contributed by atoms with Crippen molar-refractivity contribution in [2.24, 2.45) is 0 Å². The molecule has 12 nitrogen and oxygen atoms in total. The number of carboxylic acid groups (broad SMARTS) is 2. The van der Waals surface area contributed by atoms with Crippen LogP contribution >= 0.6 is 0 Å². The molecule has 0 bridgehead atoms. The number of benzene rings is 2. The molecule has 1 atom stereocenters. The maximum atomic E-state index is 12.8. The predicted octanol–water partition coefficient (Wildman–Crippen LogP) is 2.08. The summed E-state index contributed by atoms with van der Waals surface area (Å²) in [4.78, 5) is 56.9. The van der Waals surface area contributed by atoms with Crippen LogP contribution in [0.15, 0.2) is 54.9 Å². The second-order valence-corrected chi connectivity index (χ2v) is 8.65. The molecule has 196 valence electrons. The molecule has 0 spiro atoms. The average molecular weight is 520 g/mol. The van der Waals surface area contributed by atoms with Gasteiger partial charge in [0.25, 0.3) is 11.8 Å². The first-order valence-corrected chi connectivity index (χ1v) is 11.6. The van der Waals surface area contributed by atoms with Crippen molar-refractivity contribution in [3.63, 3.8) is 0 Å². The minimum Gasteiger partial charge on any atom is -0.482 e. The van der Waals surface area contributed by atoms with E-state index >= 15 is 0 Å². The Hall–Kier alpha value is -4.84. The summed E-state index contributed by atoms with van der Waals surface area (Å²) in [5.74, 6) is -2.24. The average Bonchev–Trinajstić information content (AvgIpc) is 2.90. The fraction of sp³-hybridized carbons (Fsp3) is 0.231. The summed E-state index contributed by atoms with van der Waals surface area (Å²) in [6.07, 6.45) is 1.24. The number of carbonyl (C=O) groups is 4. The largest absolute Gasteiger partial charge is 0.482 e. The van der Waals surface area contributed by atoms with E-state index in [-0.39, 0.29) is 49.4 Å². The van der Waals surface area contributed by atoms with E-state index in [1.807, 2.05) is 0 Å². The van der Waals surface area contributed by atoms with Crippen LogP contribution in [0.4, 0.5) is 5.69 Å². The van der Waals surface area contributed by atoms with Crippen molar-refractivity contribution in [3.05, 3.63) is 82.9 Å². The van der Waals surface area contributed by atoms with Crippen LogP contribution in [-0.2, 0) is 22.7 Å². The predicted molar refractivity (Wildman–Crippen MR) is 134 cm³/mol. The van der Waals surface area contributed by atoms with Crippen molar-refractivity contribution in [2.75, 3.05) is 18.5 Å². The van der Waals surface area contributed by atoms with Crippen molar-refractivity contribution in [2.45, 2.75) is 26.1 Å². The van der Waals surface area contributed by atoms with Crippen molar-refractivity contribution in [1.29, 1.82) is 0 Å². The fourth-order valence-electron chi connectivity index (χ4n) is 3.95. The number of rotatable bonds is 10. The van der Waals surface area contributed by atoms with Crippen molar-refractivity contribution in [1.82, 2.24) is 20.2 Å². The summed E-state index contributed by atoms with van der Waals surface area (Å²) in [5.41, 5.74) is 2.68. The number of aliphatic carboxylic acids is 1. The molecule has 4 rings (SSSR count). The van der Waals surface area contributed by atoms with Gasteiger partial charge in [-0.2, -0.15) is 0 Å². The second-order valence-electron chi connectivity index (χ2n) is 8.65. The molecule has 4 N–H and O–H groups in total. The lowest BCUT2D eigenvalue weighted by Crippen LogP contribution is -2.32. The van der Waals surface area contributed by atoms with E-state index in [2.05, 4.69) is 20.6 Å². The summed E-state index contributed by atoms with van der Waals surface area (Å²) in [6.45, 7) is 1.75. The zero-order valence-corrected chi connectivity index (χ0v) is 20.4. The highest BCUT2D eigenvalue weighted by atomic mass is 16.5. The number of anilines is 1. The summed E-state index contributed by atoms with van der Waals surface area (Å²) in [6, 6.07) is 12.5. The Morgan fingerprint density at radius 1 is 1.11 bits per heavy atom. The Balaban J connectivity index is 1.43. The van der Waals surface area contributed by atoms with E-state index < -0.39 is 17.8 Å². The monoisotopic (exact) mass is 519 g/mol. The van der Waals surface area contributed by atoms with Crippen molar-refractivity contribution < 1.29 is 34.1 Å². The Morgan fingerprint density at radius 2 is 1.87 bits per heavy atom. The molecular weight excluding hydrogens is 494 g/mol. The number of nitrogens with one attached hydrogen (secondary N) is 2. The molecule has 0 saturated carbocycles. The first kappa shape index (κ1) is 26.2. The van der Waals surface area contributed by atoms with Crippen molar-refractivity contribution in [3.8, 4) is 5.75 Å². The van der Waals surface area contributed by atoms with Crippen LogP contribution in [0.1, 0.15) is 50.6 Å². The lowest BCUT2D eigenvalue weighted by atomic mass is 10.0. The lowest BCUT2D eigenvalue weighted by molar-refractivity contribution is -0.139. The molecule has 1 aliphatic rings. The van der Waals surface area contributed by atoms with Crippen LogP contribution in [0.25, 0.3) is 0 Å². The number of carboxylic acids is 2. The number of hydrogen-bond donors (Lipinski definition) is 4. The normalized spacial score (nSPS) is 13.2. The van der Waals surface area contributed by atoms with Gasteiger partial charge in [-0.1, -0.05) is 18.2 Å². The zero-order chi connectivity index (χ0) is 27.2. The molecule has 2 heterocycles. The number of fused-ring (bicyclic) bond motifs is 1. The molecule has 0 aliphatic carbocycles. The number of amides is 2. The van der Waals surface area contributed by atoms with Gasteiger partial charge in [-0.3, -0.25) is 19.3 Å². The summed E-state index contributed by atoms with van der Waals surface area (Å²) in [7, 11) is 0. The van der Waals surface area contributed by atoms with Crippen LogP contribution in [0.3, 0.4) is 0 Å². The maximum absolute atomic E-state index is 12.8. The van der Waals surface area contributed by atoms with E-state index in [0.29, 0.717) is 17.1 Å². The minimum atomic E-state index is -1.05. The number of ether oxygens (including phenoxy) is 1. The molecule has 2 amide bonds. The third-order valence-corrected chi connectivity index (χ3v) is 5.98. The highest BCUT2D eigenvalue weighted by Crippen LogP contribution is 2.28. The first-order chi connectivity index (χ1) is 18.2. The van der Waals surface area contributed by atoms with Gasteiger partial charge < -0.3 is 25.6 Å². The fourth-order valence-corrected chi connectivity index (χ4v) is 3.95. The number of aromatic carboxylic acids is 1. The SMILES string of the molecule is C[C@H](c1ccc(C(=O)O)cc1)N(CC(=O)O)Cc1cc(C(=O)NCc2ccc3c(c2)NC(=O)CO3)ncn1. The Kier molecular flexibility index (Phi) is 7.92. The molecule has 0 radical (unpaired) electrons. The number of carbonyl (C=O) groups excluding carboxylic acids is 2. The van der Waals surface area contributed by atoms with Gasteiger partial charge in [0.15, 0.2) is 6.61 Å². The maximum Gasteiger partial charge on any atom is 0.335 e. The van der Waals surface area contributed by atoms with E-state index in [1.54, 1.807) is 42.2 Å². The Bertz CT molecular complexity index is 1380. The highest BCUT2D eigenvalue weighted by Gasteiger charge is 2.21. The van der Waals surface area contributed by atoms with E-state index in [1.165, 1.54) is 24.5 Å². The van der Waals surface area contributed by atoms with Gasteiger partial charge in [0.05, 0.1) is 23.5 Å². The molecule has 38 heavy (non-hydrogen) atoms. The number of hydrogen-bond acceptors (Lipinski definition) is 8. The molecule has 0 unspecified atom stereocenters. The van der Waals surface area contributed by atoms with Gasteiger partial charge in [-0.05, 0) is 48.4 Å². The minimum absolute atomic E-state index is 0.0429. The quantitative estimate of drug-likeness (QED) is 0.311. The topological polar surface area (TPSA) is 171 Å². The van der Waals surface area contributed by atoms with Gasteiger partial charge in [0.1, 0.15) is 17.8 Å². The Labute approximate surface area is 217 Å². The number of aromatic nitrogens is 2. The molecule has 1 aromatic heterocycles. The van der Waals surface area contributed by atoms with E-state index in [4.69, 9.17) is 9.84 Å². The van der Waals surface area contributed by atoms with Crippen LogP contribution in [0.5, 0.6) is 5.75 Å². The van der Waals surface area contributed by atoms with E-state index in [0.717, 1.165) is 11.1 Å². The third-order valence-electron chi connectivity index (χ3n) is 5.98. The molecule has 0 saturated heterocycles. The summed E-state index contributed by atoms with van der Waals surface area (Å²) < 4.78 is 5.33. The standard InChI is InChI=1S/C26H25N5O7/c1-15(17-3-5-18(6-4-17)26(36)37)31(12-24(33)34)11-19-9-21(29-14-28-19)25(35)27-10-16-2-7-22-20(8-16)30-23(32)13-38-22/h2-9,14-15H,10-13H2,1H3,(H,27,35)(H,30,32)(H,33,34)(H,36,37)/t15-/m1/s1. The van der Waals surface area contributed by atoms with E-state index in [9.17, 15) is 24.3 Å². The zero-order valence-electron chi connectivity index (χ0n) is 20.4. The van der Waals surface area contributed by atoms with Crippen LogP contribution in [-0.4, -0.2) is 62.0 Å². The van der Waals surface area contributed by atoms with Crippen LogP contribution in [0, 0.1) is 0 Å². The smallest absolute Gasteiger partial charge is 0.335 e. The summed E-state index contributed by atoms with van der Waals surface area (Å²) >= 11 is 0. The lowest BCUT2D eigenvalue weighted by Gasteiger charge is -2.27. The summed E-state index contributed by atoms with van der Waals surface area (Å²) in [5, 5.41) is 24.0. The van der Waals surface area contributed by atoms with Gasteiger partial charge in [-0.15, -0.1) is 0 Å². The number of nitrogens with zero attached hydrogens (tertiary/aromatic N) is 3. The van der Waals surface area contributed by atoms with Crippen molar-refractivity contribution >= 4 is 29.4 Å². The van der Waals surface area contributed by atoms with Gasteiger partial charge in [0.2, 0.25) is 0 Å². The van der Waals surface area contributed by atoms with Gasteiger partial charge in [0, 0.05) is 19.1 Å². The van der Waals surface area contributed by atoms with Crippen LogP contribution < -0.4 is 15.4 Å². The molecule has 2 aromatic carbocycles. The third kappa shape index (κ3) is 6.48. The van der Waals surface area contributed by atoms with Gasteiger partial charge >= 0.3 is 11.9 Å². The molecular formula is C26H25N5O7. The highest BCUT2D eigenvalue weighted by molar-refractivity contribution is 5.95. The Morgan fingerprint density at radius 3 is 2.58 bits per heavy atom. The molecule has 3 aromatic rings.